The smallest absolute Gasteiger partial charge is 0.139 e. The molecule has 0 radical (unpaired) electrons. The first kappa shape index (κ1) is 8.81. The second-order valence-electron chi connectivity index (χ2n) is 2.85. The lowest BCUT2D eigenvalue weighted by Gasteiger charge is -2.10. The average molecular weight is 200 g/mol. The third-order valence-corrected chi connectivity index (χ3v) is 2.05. The van der Waals surface area contributed by atoms with Crippen LogP contribution in [0, 0.1) is 0 Å². The summed E-state index contributed by atoms with van der Waals surface area (Å²) in [5, 5.41) is 0.716. The Bertz CT molecular complexity index is 269. The molecule has 0 saturated carbocycles. The average Bonchev–Trinajstić information content (AvgIpc) is 2.62. The van der Waals surface area contributed by atoms with Crippen molar-refractivity contribution in [1.82, 2.24) is 5.48 Å². The van der Waals surface area contributed by atoms with E-state index in [1.807, 2.05) is 12.1 Å². The van der Waals surface area contributed by atoms with Crippen molar-refractivity contribution in [3.05, 3.63) is 29.3 Å². The predicted octanol–water partition coefficient (Wildman–Crippen LogP) is 1.62. The molecule has 1 aliphatic heterocycles. The Morgan fingerprint density at radius 3 is 2.77 bits per heavy atom. The summed E-state index contributed by atoms with van der Waals surface area (Å²) in [6.45, 7) is 1.31. The summed E-state index contributed by atoms with van der Waals surface area (Å²) in [5.41, 5.74) is 2.75. The lowest BCUT2D eigenvalue weighted by molar-refractivity contribution is 0.0843. The quantitative estimate of drug-likeness (QED) is 0.785. The molecule has 1 fully saturated rings. The molecular formula is C9H10ClNO2. The molecule has 1 aromatic rings. The van der Waals surface area contributed by atoms with E-state index >= 15 is 0 Å². The van der Waals surface area contributed by atoms with Gasteiger partial charge in [-0.2, -0.15) is 5.48 Å². The van der Waals surface area contributed by atoms with Crippen molar-refractivity contribution < 1.29 is 9.57 Å². The zero-order chi connectivity index (χ0) is 9.10. The predicted molar refractivity (Wildman–Crippen MR) is 49.8 cm³/mol. The van der Waals surface area contributed by atoms with Crippen molar-refractivity contribution in [3.63, 3.8) is 0 Å². The van der Waals surface area contributed by atoms with Gasteiger partial charge in [0.05, 0.1) is 6.54 Å². The minimum atomic E-state index is 0.0983. The highest BCUT2D eigenvalue weighted by Gasteiger charge is 2.16. The molecule has 4 heteroatoms. The van der Waals surface area contributed by atoms with Gasteiger partial charge in [0.15, 0.2) is 0 Å². The number of hydrogen-bond donors (Lipinski definition) is 1. The maximum Gasteiger partial charge on any atom is 0.139 e. The van der Waals surface area contributed by atoms with Gasteiger partial charge in [-0.3, -0.25) is 4.84 Å². The summed E-state index contributed by atoms with van der Waals surface area (Å²) in [6.07, 6.45) is 0.0983. The van der Waals surface area contributed by atoms with E-state index in [-0.39, 0.29) is 6.10 Å². The number of ether oxygens (including phenoxy) is 1. The van der Waals surface area contributed by atoms with Gasteiger partial charge in [-0.15, -0.1) is 0 Å². The second kappa shape index (κ2) is 3.96. The van der Waals surface area contributed by atoms with Gasteiger partial charge >= 0.3 is 0 Å². The van der Waals surface area contributed by atoms with Crippen LogP contribution in [0.2, 0.25) is 5.02 Å². The Labute approximate surface area is 81.6 Å². The van der Waals surface area contributed by atoms with Crippen molar-refractivity contribution in [3.8, 4) is 5.75 Å². The summed E-state index contributed by atoms with van der Waals surface area (Å²) >= 11 is 5.74. The van der Waals surface area contributed by atoms with Crippen LogP contribution in [-0.2, 0) is 4.84 Å². The van der Waals surface area contributed by atoms with Gasteiger partial charge in [-0.05, 0) is 24.3 Å². The number of hydroxylamine groups is 1. The van der Waals surface area contributed by atoms with Crippen LogP contribution < -0.4 is 10.2 Å². The Morgan fingerprint density at radius 1 is 1.38 bits per heavy atom. The summed E-state index contributed by atoms with van der Waals surface area (Å²) < 4.78 is 5.58. The van der Waals surface area contributed by atoms with Gasteiger partial charge in [-0.1, -0.05) is 11.6 Å². The molecule has 1 N–H and O–H groups in total. The molecule has 0 spiro atoms. The van der Waals surface area contributed by atoms with E-state index in [9.17, 15) is 0 Å². The molecule has 0 bridgehead atoms. The van der Waals surface area contributed by atoms with Crippen LogP contribution in [-0.4, -0.2) is 19.3 Å². The Balaban J connectivity index is 1.97. The minimum absolute atomic E-state index is 0.0983. The molecule has 1 atom stereocenters. The van der Waals surface area contributed by atoms with Crippen LogP contribution in [0.15, 0.2) is 24.3 Å². The molecule has 1 saturated heterocycles. The molecule has 3 nitrogen and oxygen atoms in total. The molecule has 1 aromatic carbocycles. The number of rotatable bonds is 2. The molecule has 0 aliphatic carbocycles. The zero-order valence-corrected chi connectivity index (χ0v) is 7.75. The van der Waals surface area contributed by atoms with Gasteiger partial charge in [0.2, 0.25) is 0 Å². The monoisotopic (exact) mass is 199 g/mol. The maximum atomic E-state index is 5.74. The van der Waals surface area contributed by atoms with E-state index in [1.165, 1.54) is 0 Å². The van der Waals surface area contributed by atoms with E-state index in [0.717, 1.165) is 12.3 Å². The summed E-state index contributed by atoms with van der Waals surface area (Å²) in [6, 6.07) is 7.31. The van der Waals surface area contributed by atoms with Crippen molar-refractivity contribution in [2.75, 3.05) is 13.2 Å². The van der Waals surface area contributed by atoms with Crippen LogP contribution in [0.3, 0.4) is 0 Å². The lowest BCUT2D eigenvalue weighted by Crippen LogP contribution is -2.21. The standard InChI is InChI=1S/C9H10ClNO2/c10-7-1-3-8(4-2-7)13-9-5-11-12-6-9/h1-4,9,11H,5-6H2/t9-/m1/s1. The molecule has 70 valence electrons. The van der Waals surface area contributed by atoms with Crippen LogP contribution in [0.25, 0.3) is 0 Å². The molecular weight excluding hydrogens is 190 g/mol. The Kier molecular flexibility index (Phi) is 2.68. The first-order valence-electron chi connectivity index (χ1n) is 4.11. The number of hydrogen-bond acceptors (Lipinski definition) is 3. The van der Waals surface area contributed by atoms with E-state index in [2.05, 4.69) is 5.48 Å². The molecule has 2 rings (SSSR count). The summed E-state index contributed by atoms with van der Waals surface area (Å²) in [4.78, 5) is 4.95. The minimum Gasteiger partial charge on any atom is -0.487 e. The molecule has 0 unspecified atom stereocenters. The van der Waals surface area contributed by atoms with E-state index in [1.54, 1.807) is 12.1 Å². The SMILES string of the molecule is Clc1ccc(O[C@@H]2CNOC2)cc1. The molecule has 0 amide bonds. The topological polar surface area (TPSA) is 30.5 Å². The zero-order valence-electron chi connectivity index (χ0n) is 7.00. The fourth-order valence-electron chi connectivity index (χ4n) is 1.14. The number of nitrogens with one attached hydrogen (secondary N) is 1. The van der Waals surface area contributed by atoms with Crippen LogP contribution in [0.1, 0.15) is 0 Å². The largest absolute Gasteiger partial charge is 0.487 e. The van der Waals surface area contributed by atoms with Crippen molar-refractivity contribution in [2.45, 2.75) is 6.10 Å². The van der Waals surface area contributed by atoms with Gasteiger partial charge < -0.3 is 4.74 Å². The first-order valence-corrected chi connectivity index (χ1v) is 4.49. The van der Waals surface area contributed by atoms with Crippen LogP contribution in [0.5, 0.6) is 5.75 Å². The van der Waals surface area contributed by atoms with E-state index in [4.69, 9.17) is 21.2 Å². The van der Waals surface area contributed by atoms with E-state index < -0.39 is 0 Å². The van der Waals surface area contributed by atoms with Gasteiger partial charge in [0, 0.05) is 5.02 Å². The Hall–Kier alpha value is -0.770. The van der Waals surface area contributed by atoms with Gasteiger partial charge in [-0.25, -0.2) is 0 Å². The Morgan fingerprint density at radius 2 is 2.15 bits per heavy atom. The highest BCUT2D eigenvalue weighted by molar-refractivity contribution is 6.30. The molecule has 1 heterocycles. The third-order valence-electron chi connectivity index (χ3n) is 1.80. The summed E-state index contributed by atoms with van der Waals surface area (Å²) in [5.74, 6) is 0.821. The van der Waals surface area contributed by atoms with Gasteiger partial charge in [0.25, 0.3) is 0 Å². The van der Waals surface area contributed by atoms with Crippen molar-refractivity contribution in [1.29, 1.82) is 0 Å². The fourth-order valence-corrected chi connectivity index (χ4v) is 1.27. The van der Waals surface area contributed by atoms with Crippen LogP contribution >= 0.6 is 11.6 Å². The molecule has 0 aromatic heterocycles. The first-order chi connectivity index (χ1) is 6.34. The van der Waals surface area contributed by atoms with E-state index in [0.29, 0.717) is 11.6 Å². The molecule has 1 aliphatic rings. The maximum absolute atomic E-state index is 5.74. The number of halogens is 1. The normalized spacial score (nSPS) is 21.8. The van der Waals surface area contributed by atoms with Crippen LogP contribution in [0.4, 0.5) is 0 Å². The van der Waals surface area contributed by atoms with Crippen molar-refractivity contribution in [2.24, 2.45) is 0 Å². The lowest BCUT2D eigenvalue weighted by atomic mass is 10.3. The fraction of sp³-hybridized carbons (Fsp3) is 0.333. The van der Waals surface area contributed by atoms with Crippen molar-refractivity contribution >= 4 is 11.6 Å². The van der Waals surface area contributed by atoms with Gasteiger partial charge in [0.1, 0.15) is 18.5 Å². The second-order valence-corrected chi connectivity index (χ2v) is 3.29. The molecule has 13 heavy (non-hydrogen) atoms. The third kappa shape index (κ3) is 2.34. The summed E-state index contributed by atoms with van der Waals surface area (Å²) in [7, 11) is 0. The number of benzene rings is 1. The highest BCUT2D eigenvalue weighted by Crippen LogP contribution is 2.17. The highest BCUT2D eigenvalue weighted by atomic mass is 35.5.